The van der Waals surface area contributed by atoms with E-state index in [1.807, 2.05) is 13.8 Å². The van der Waals surface area contributed by atoms with Crippen molar-refractivity contribution in [1.82, 2.24) is 0 Å². The second-order valence-electron chi connectivity index (χ2n) is 2.33. The van der Waals surface area contributed by atoms with Gasteiger partial charge in [-0.25, -0.2) is 0 Å². The Morgan fingerprint density at radius 2 is 2.40 bits per heavy atom. The lowest BCUT2D eigenvalue weighted by atomic mass is 10.2. The van der Waals surface area contributed by atoms with E-state index in [2.05, 4.69) is 9.99 Å². The summed E-state index contributed by atoms with van der Waals surface area (Å²) in [6.07, 6.45) is 0.947. The van der Waals surface area contributed by atoms with Crippen LogP contribution in [-0.2, 0) is 9.63 Å². The van der Waals surface area contributed by atoms with Gasteiger partial charge in [0.1, 0.15) is 12.8 Å². The second kappa shape index (κ2) is 4.78. The van der Waals surface area contributed by atoms with E-state index in [4.69, 9.17) is 5.73 Å². The largest absolute Gasteiger partial charge is 0.395 e. The molecule has 10 heavy (non-hydrogen) atoms. The maximum absolute atomic E-state index is 10.0. The molecule has 58 valence electrons. The summed E-state index contributed by atoms with van der Waals surface area (Å²) < 4.78 is 0. The molecule has 0 spiro atoms. The molecule has 0 aromatic heterocycles. The lowest BCUT2D eigenvalue weighted by molar-refractivity contribution is -0.111. The molecule has 0 heterocycles. The van der Waals surface area contributed by atoms with Crippen LogP contribution in [0.3, 0.4) is 0 Å². The highest BCUT2D eigenvalue weighted by molar-refractivity contribution is 6.25. The highest BCUT2D eigenvalue weighted by atomic mass is 16.6. The van der Waals surface area contributed by atoms with Crippen LogP contribution in [0.25, 0.3) is 0 Å². The number of hydrogen-bond acceptors (Lipinski definition) is 3. The van der Waals surface area contributed by atoms with E-state index in [1.165, 1.54) is 0 Å². The zero-order valence-corrected chi connectivity index (χ0v) is 6.20. The predicted molar refractivity (Wildman–Crippen MR) is 38.5 cm³/mol. The van der Waals surface area contributed by atoms with Crippen molar-refractivity contribution in [3.63, 3.8) is 0 Å². The molecule has 0 bridgehead atoms. The molecule has 0 saturated heterocycles. The Hall–Kier alpha value is -1.06. The molecule has 0 aromatic carbocycles. The molecule has 4 nitrogen and oxygen atoms in total. The van der Waals surface area contributed by atoms with Crippen molar-refractivity contribution < 1.29 is 9.63 Å². The van der Waals surface area contributed by atoms with Crippen molar-refractivity contribution >= 4 is 12.1 Å². The fourth-order valence-electron chi connectivity index (χ4n) is 0.281. The quantitative estimate of drug-likeness (QED) is 0.450. The van der Waals surface area contributed by atoms with Gasteiger partial charge in [-0.15, -0.1) is 0 Å². The molecular formula is C6H12N2O2. The average Bonchev–Trinajstić information content (AvgIpc) is 1.79. The Kier molecular flexibility index (Phi) is 4.28. The van der Waals surface area contributed by atoms with Crippen molar-refractivity contribution in [3.05, 3.63) is 0 Å². The van der Waals surface area contributed by atoms with Gasteiger partial charge in [0.05, 0.1) is 0 Å². The minimum absolute atomic E-state index is 0.407. The first-order chi connectivity index (χ1) is 4.63. The molecule has 0 aliphatic rings. The zero-order chi connectivity index (χ0) is 7.98. The third-order valence-corrected chi connectivity index (χ3v) is 0.662. The third kappa shape index (κ3) is 6.94. The third-order valence-electron chi connectivity index (χ3n) is 0.662. The standard InChI is InChI=1S/C6H12N2O2/c1-5(2)4-10-8-3-6(7)9/h3,5H,4H2,1-2H3,(H2,7,9). The van der Waals surface area contributed by atoms with Crippen molar-refractivity contribution in [3.8, 4) is 0 Å². The van der Waals surface area contributed by atoms with Gasteiger partial charge in [-0.2, -0.15) is 0 Å². The summed E-state index contributed by atoms with van der Waals surface area (Å²) in [6.45, 7) is 4.48. The Morgan fingerprint density at radius 1 is 1.80 bits per heavy atom. The Balaban J connectivity index is 3.27. The second-order valence-corrected chi connectivity index (χ2v) is 2.33. The molecule has 0 rings (SSSR count). The first-order valence-corrected chi connectivity index (χ1v) is 3.07. The van der Waals surface area contributed by atoms with Gasteiger partial charge in [0.2, 0.25) is 0 Å². The van der Waals surface area contributed by atoms with Crippen molar-refractivity contribution in [2.45, 2.75) is 13.8 Å². The fourth-order valence-corrected chi connectivity index (χ4v) is 0.281. The molecule has 0 aliphatic heterocycles. The van der Waals surface area contributed by atoms with E-state index < -0.39 is 5.91 Å². The van der Waals surface area contributed by atoms with Gasteiger partial charge in [-0.1, -0.05) is 19.0 Å². The monoisotopic (exact) mass is 144 g/mol. The normalized spacial score (nSPS) is 10.7. The van der Waals surface area contributed by atoms with E-state index >= 15 is 0 Å². The summed E-state index contributed by atoms with van der Waals surface area (Å²) in [7, 11) is 0. The topological polar surface area (TPSA) is 64.7 Å². The first kappa shape index (κ1) is 8.94. The SMILES string of the molecule is CC(C)CON=CC(N)=O. The molecule has 2 N–H and O–H groups in total. The van der Waals surface area contributed by atoms with Gasteiger partial charge >= 0.3 is 0 Å². The van der Waals surface area contributed by atoms with E-state index in [9.17, 15) is 4.79 Å². The lowest BCUT2D eigenvalue weighted by Crippen LogP contribution is -2.12. The smallest absolute Gasteiger partial charge is 0.263 e. The van der Waals surface area contributed by atoms with Crippen LogP contribution in [0.2, 0.25) is 0 Å². The van der Waals surface area contributed by atoms with Gasteiger partial charge in [0.15, 0.2) is 0 Å². The molecule has 1 amide bonds. The first-order valence-electron chi connectivity index (χ1n) is 3.07. The number of rotatable bonds is 4. The van der Waals surface area contributed by atoms with E-state index in [-0.39, 0.29) is 0 Å². The average molecular weight is 144 g/mol. The van der Waals surface area contributed by atoms with Crippen LogP contribution >= 0.6 is 0 Å². The molecule has 0 saturated carbocycles. The maximum Gasteiger partial charge on any atom is 0.263 e. The summed E-state index contributed by atoms with van der Waals surface area (Å²) in [4.78, 5) is 14.7. The summed E-state index contributed by atoms with van der Waals surface area (Å²) in [5.41, 5.74) is 4.74. The molecular weight excluding hydrogens is 132 g/mol. The van der Waals surface area contributed by atoms with Crippen LogP contribution in [0.4, 0.5) is 0 Å². The van der Waals surface area contributed by atoms with Gasteiger partial charge in [0, 0.05) is 0 Å². The van der Waals surface area contributed by atoms with Gasteiger partial charge < -0.3 is 10.6 Å². The molecule has 4 heteroatoms. The van der Waals surface area contributed by atoms with Crippen molar-refractivity contribution in [2.75, 3.05) is 6.61 Å². The van der Waals surface area contributed by atoms with Crippen LogP contribution in [0.15, 0.2) is 5.16 Å². The number of oxime groups is 1. The minimum Gasteiger partial charge on any atom is -0.395 e. The van der Waals surface area contributed by atoms with Gasteiger partial charge in [-0.3, -0.25) is 4.79 Å². The van der Waals surface area contributed by atoms with E-state index in [1.54, 1.807) is 0 Å². The van der Waals surface area contributed by atoms with Crippen molar-refractivity contribution in [2.24, 2.45) is 16.8 Å². The molecule has 0 atom stereocenters. The molecule has 0 radical (unpaired) electrons. The molecule has 0 aromatic rings. The molecule has 0 fully saturated rings. The molecule has 0 unspecified atom stereocenters. The molecule has 0 aliphatic carbocycles. The summed E-state index contributed by atoms with van der Waals surface area (Å²) in [5.74, 6) is -0.186. The maximum atomic E-state index is 10.0. The van der Waals surface area contributed by atoms with Crippen LogP contribution < -0.4 is 5.73 Å². The highest BCUT2D eigenvalue weighted by Crippen LogP contribution is 1.91. The number of primary amides is 1. The van der Waals surface area contributed by atoms with Crippen molar-refractivity contribution in [1.29, 1.82) is 0 Å². The van der Waals surface area contributed by atoms with E-state index in [0.29, 0.717) is 12.5 Å². The van der Waals surface area contributed by atoms with Gasteiger partial charge in [-0.05, 0) is 5.92 Å². The Bertz CT molecular complexity index is 132. The highest BCUT2D eigenvalue weighted by Gasteiger charge is 1.90. The summed E-state index contributed by atoms with van der Waals surface area (Å²) in [5, 5.41) is 3.31. The summed E-state index contributed by atoms with van der Waals surface area (Å²) >= 11 is 0. The zero-order valence-electron chi connectivity index (χ0n) is 6.20. The van der Waals surface area contributed by atoms with Gasteiger partial charge in [0.25, 0.3) is 5.91 Å². The van der Waals surface area contributed by atoms with Crippen LogP contribution in [0, 0.1) is 5.92 Å². The number of carbonyl (C=O) groups is 1. The van der Waals surface area contributed by atoms with Crippen LogP contribution in [0.1, 0.15) is 13.8 Å². The fraction of sp³-hybridized carbons (Fsp3) is 0.667. The number of nitrogens with zero attached hydrogens (tertiary/aromatic N) is 1. The lowest BCUT2D eigenvalue weighted by Gasteiger charge is -1.99. The number of carbonyl (C=O) groups excluding carboxylic acids is 1. The number of nitrogens with two attached hydrogens (primary N) is 1. The number of amides is 1. The van der Waals surface area contributed by atoms with Crippen LogP contribution in [-0.4, -0.2) is 18.7 Å². The minimum atomic E-state index is -0.594. The van der Waals surface area contributed by atoms with E-state index in [0.717, 1.165) is 6.21 Å². The Labute approximate surface area is 60.0 Å². The predicted octanol–water partition coefficient (Wildman–Crippen LogP) is 0.130. The van der Waals surface area contributed by atoms with Crippen LogP contribution in [0.5, 0.6) is 0 Å². The Morgan fingerprint density at radius 3 is 2.80 bits per heavy atom. The number of hydrogen-bond donors (Lipinski definition) is 1. The summed E-state index contributed by atoms with van der Waals surface area (Å²) in [6, 6.07) is 0.